The number of Topliss-reactive ketones (excluding diaryl/α,β-unsaturated/α-hetero) is 1. The van der Waals surface area contributed by atoms with Crippen LogP contribution in [-0.4, -0.2) is 96.5 Å². The van der Waals surface area contributed by atoms with Crippen molar-refractivity contribution >= 4 is 11.7 Å². The first kappa shape index (κ1) is 23.3. The molecule has 1 aromatic heterocycles. The molecule has 0 spiro atoms. The molecule has 0 radical (unpaired) electrons. The Morgan fingerprint density at radius 3 is 2.26 bits per heavy atom. The van der Waals surface area contributed by atoms with Gasteiger partial charge < -0.3 is 14.2 Å². The summed E-state index contributed by atoms with van der Waals surface area (Å²) in [6.45, 7) is 10.9. The SMILES string of the molecule is Cc1cc(C(=O)CN2CCN(CC(=O)N3CCOCC3)CC2)c(C)n1-c1ccc2c(c1)CCC2. The first-order chi connectivity index (χ1) is 16.5. The molecular formula is C27H36N4O3. The van der Waals surface area contributed by atoms with E-state index in [0.717, 1.165) is 55.2 Å². The number of hydrogen-bond acceptors (Lipinski definition) is 5. The minimum Gasteiger partial charge on any atom is -0.378 e. The van der Waals surface area contributed by atoms with Gasteiger partial charge in [0.2, 0.25) is 5.91 Å². The summed E-state index contributed by atoms with van der Waals surface area (Å²) in [5.41, 5.74) is 7.02. The highest BCUT2D eigenvalue weighted by molar-refractivity contribution is 5.99. The quantitative estimate of drug-likeness (QED) is 0.614. The Kier molecular flexibility index (Phi) is 6.86. The molecule has 1 aromatic carbocycles. The second-order valence-electron chi connectivity index (χ2n) is 9.90. The Morgan fingerprint density at radius 1 is 0.853 bits per heavy atom. The summed E-state index contributed by atoms with van der Waals surface area (Å²) < 4.78 is 7.56. The lowest BCUT2D eigenvalue weighted by Gasteiger charge is -2.35. The van der Waals surface area contributed by atoms with E-state index in [1.165, 1.54) is 24.0 Å². The maximum absolute atomic E-state index is 13.2. The van der Waals surface area contributed by atoms with Crippen LogP contribution in [-0.2, 0) is 22.4 Å². The molecule has 182 valence electrons. The van der Waals surface area contributed by atoms with Crippen LogP contribution in [0.2, 0.25) is 0 Å². The molecule has 34 heavy (non-hydrogen) atoms. The van der Waals surface area contributed by atoms with Gasteiger partial charge in [-0.25, -0.2) is 0 Å². The normalized spacial score (nSPS) is 19.4. The van der Waals surface area contributed by atoms with Crippen LogP contribution in [0.5, 0.6) is 0 Å². The van der Waals surface area contributed by atoms with Crippen LogP contribution < -0.4 is 0 Å². The molecule has 2 saturated heterocycles. The Bertz CT molecular complexity index is 1060. The van der Waals surface area contributed by atoms with Gasteiger partial charge in [-0.3, -0.25) is 19.4 Å². The van der Waals surface area contributed by atoms with Gasteiger partial charge in [-0.2, -0.15) is 0 Å². The lowest BCUT2D eigenvalue weighted by atomic mass is 10.1. The topological polar surface area (TPSA) is 58.0 Å². The summed E-state index contributed by atoms with van der Waals surface area (Å²) in [5.74, 6) is 0.366. The number of benzene rings is 1. The smallest absolute Gasteiger partial charge is 0.236 e. The fraction of sp³-hybridized carbons (Fsp3) is 0.556. The zero-order chi connectivity index (χ0) is 23.7. The second-order valence-corrected chi connectivity index (χ2v) is 9.90. The average Bonchev–Trinajstić information content (AvgIpc) is 3.44. The lowest BCUT2D eigenvalue weighted by Crippen LogP contribution is -2.52. The van der Waals surface area contributed by atoms with Gasteiger partial charge in [0.25, 0.3) is 0 Å². The van der Waals surface area contributed by atoms with Crippen LogP contribution in [0, 0.1) is 13.8 Å². The number of ketones is 1. The molecule has 1 amide bonds. The summed E-state index contributed by atoms with van der Waals surface area (Å²) >= 11 is 0. The van der Waals surface area contributed by atoms with E-state index in [-0.39, 0.29) is 11.7 Å². The standard InChI is InChI=1S/C27H36N4O3/c1-20-16-25(21(2)31(20)24-7-6-22-4-3-5-23(22)17-24)26(32)18-28-8-10-29(11-9-28)19-27(33)30-12-14-34-15-13-30/h6-7,16-17H,3-5,8-15,18-19H2,1-2H3. The van der Waals surface area contributed by atoms with Crippen LogP contribution in [0.15, 0.2) is 24.3 Å². The molecule has 5 rings (SSSR count). The van der Waals surface area contributed by atoms with Crippen LogP contribution in [0.3, 0.4) is 0 Å². The number of nitrogens with zero attached hydrogens (tertiary/aromatic N) is 4. The van der Waals surface area contributed by atoms with Gasteiger partial charge in [-0.05, 0) is 62.4 Å². The number of hydrogen-bond donors (Lipinski definition) is 0. The molecule has 0 unspecified atom stereocenters. The van der Waals surface area contributed by atoms with Crippen LogP contribution in [0.1, 0.15) is 39.3 Å². The molecule has 0 bridgehead atoms. The number of ether oxygens (including phenoxy) is 1. The van der Waals surface area contributed by atoms with Crippen LogP contribution in [0.4, 0.5) is 0 Å². The monoisotopic (exact) mass is 464 g/mol. The Hall–Kier alpha value is -2.48. The van der Waals surface area contributed by atoms with E-state index in [1.54, 1.807) is 0 Å². The van der Waals surface area contributed by atoms with Gasteiger partial charge in [0.1, 0.15) is 0 Å². The number of fused-ring (bicyclic) bond motifs is 1. The van der Waals surface area contributed by atoms with Gasteiger partial charge in [0.05, 0.1) is 26.3 Å². The summed E-state index contributed by atoms with van der Waals surface area (Å²) in [7, 11) is 0. The maximum Gasteiger partial charge on any atom is 0.236 e. The van der Waals surface area contributed by atoms with E-state index in [1.807, 2.05) is 11.0 Å². The zero-order valence-corrected chi connectivity index (χ0v) is 20.5. The van der Waals surface area contributed by atoms with Crippen molar-refractivity contribution in [3.05, 3.63) is 52.3 Å². The molecule has 0 saturated carbocycles. The third kappa shape index (κ3) is 4.83. The minimum absolute atomic E-state index is 0.179. The van der Waals surface area contributed by atoms with E-state index < -0.39 is 0 Å². The molecule has 2 aliphatic heterocycles. The largest absolute Gasteiger partial charge is 0.378 e. The molecule has 1 aliphatic carbocycles. The molecule has 0 N–H and O–H groups in total. The average molecular weight is 465 g/mol. The van der Waals surface area contributed by atoms with Crippen molar-refractivity contribution in [2.75, 3.05) is 65.6 Å². The third-order valence-corrected chi connectivity index (χ3v) is 7.63. The van der Waals surface area contributed by atoms with Gasteiger partial charge in [-0.15, -0.1) is 0 Å². The van der Waals surface area contributed by atoms with E-state index in [0.29, 0.717) is 39.4 Å². The van der Waals surface area contributed by atoms with Gasteiger partial charge >= 0.3 is 0 Å². The van der Waals surface area contributed by atoms with E-state index in [9.17, 15) is 9.59 Å². The number of rotatable bonds is 6. The fourth-order valence-corrected chi connectivity index (χ4v) is 5.64. The van der Waals surface area contributed by atoms with Crippen molar-refractivity contribution in [1.82, 2.24) is 19.3 Å². The summed E-state index contributed by atoms with van der Waals surface area (Å²) in [6.07, 6.45) is 3.57. The zero-order valence-electron chi connectivity index (χ0n) is 20.5. The van der Waals surface area contributed by atoms with Crippen LogP contribution >= 0.6 is 0 Å². The van der Waals surface area contributed by atoms with Crippen molar-refractivity contribution in [2.24, 2.45) is 0 Å². The number of piperazine rings is 1. The molecule has 3 heterocycles. The molecule has 3 aliphatic rings. The predicted molar refractivity (Wildman–Crippen MR) is 132 cm³/mol. The number of carbonyl (C=O) groups is 2. The molecular weight excluding hydrogens is 428 g/mol. The minimum atomic E-state index is 0.179. The Balaban J connectivity index is 1.18. The number of aryl methyl sites for hydroxylation is 3. The van der Waals surface area contributed by atoms with E-state index in [4.69, 9.17) is 4.74 Å². The van der Waals surface area contributed by atoms with Gasteiger partial charge in [-0.1, -0.05) is 6.07 Å². The van der Waals surface area contributed by atoms with Crippen molar-refractivity contribution in [3.63, 3.8) is 0 Å². The highest BCUT2D eigenvalue weighted by Crippen LogP contribution is 2.27. The highest BCUT2D eigenvalue weighted by Gasteiger charge is 2.25. The fourth-order valence-electron chi connectivity index (χ4n) is 5.64. The Labute approximate surface area is 202 Å². The van der Waals surface area contributed by atoms with Gasteiger partial charge in [0, 0.05) is 61.9 Å². The first-order valence-corrected chi connectivity index (χ1v) is 12.6. The number of amides is 1. The lowest BCUT2D eigenvalue weighted by molar-refractivity contribution is -0.136. The Morgan fingerprint density at radius 2 is 1.53 bits per heavy atom. The van der Waals surface area contributed by atoms with Crippen molar-refractivity contribution in [1.29, 1.82) is 0 Å². The molecule has 2 aromatic rings. The van der Waals surface area contributed by atoms with Crippen molar-refractivity contribution < 1.29 is 14.3 Å². The number of aromatic nitrogens is 1. The third-order valence-electron chi connectivity index (χ3n) is 7.63. The van der Waals surface area contributed by atoms with E-state index >= 15 is 0 Å². The van der Waals surface area contributed by atoms with Crippen molar-refractivity contribution in [3.8, 4) is 5.69 Å². The summed E-state index contributed by atoms with van der Waals surface area (Å²) in [6, 6.07) is 8.79. The number of carbonyl (C=O) groups excluding carboxylic acids is 2. The summed E-state index contributed by atoms with van der Waals surface area (Å²) in [4.78, 5) is 32.1. The van der Waals surface area contributed by atoms with E-state index in [2.05, 4.69) is 46.4 Å². The molecule has 0 atom stereocenters. The van der Waals surface area contributed by atoms with Crippen molar-refractivity contribution in [2.45, 2.75) is 33.1 Å². The second kappa shape index (κ2) is 10.0. The summed E-state index contributed by atoms with van der Waals surface area (Å²) in [5, 5.41) is 0. The number of morpholine rings is 1. The molecule has 2 fully saturated rings. The maximum atomic E-state index is 13.2. The van der Waals surface area contributed by atoms with Crippen LogP contribution in [0.25, 0.3) is 5.69 Å². The van der Waals surface area contributed by atoms with Gasteiger partial charge in [0.15, 0.2) is 5.78 Å². The molecule has 7 heteroatoms. The highest BCUT2D eigenvalue weighted by atomic mass is 16.5. The first-order valence-electron chi connectivity index (χ1n) is 12.6. The molecule has 7 nitrogen and oxygen atoms in total. The predicted octanol–water partition coefficient (Wildman–Crippen LogP) is 2.24.